The van der Waals surface area contributed by atoms with Crippen molar-refractivity contribution in [2.45, 2.75) is 12.5 Å². The normalized spacial score (nSPS) is 11.4. The van der Waals surface area contributed by atoms with Gasteiger partial charge in [-0.1, -0.05) is 48.0 Å². The third-order valence-electron chi connectivity index (χ3n) is 3.43. The van der Waals surface area contributed by atoms with Crippen molar-refractivity contribution in [1.29, 1.82) is 0 Å². The van der Waals surface area contributed by atoms with Gasteiger partial charge in [-0.05, 0) is 29.8 Å². The summed E-state index contributed by atoms with van der Waals surface area (Å²) in [7, 11) is 0. The molecular formula is C19H19ClN2O2. The van der Waals surface area contributed by atoms with E-state index in [2.05, 4.69) is 17.2 Å². The van der Waals surface area contributed by atoms with Gasteiger partial charge in [0.2, 0.25) is 5.91 Å². The Morgan fingerprint density at radius 3 is 2.38 bits per heavy atom. The molecule has 0 bridgehead atoms. The lowest BCUT2D eigenvalue weighted by molar-refractivity contribution is -0.122. The van der Waals surface area contributed by atoms with Crippen LogP contribution in [0.4, 0.5) is 0 Å². The fraction of sp³-hybridized carbons (Fsp3) is 0.158. The van der Waals surface area contributed by atoms with E-state index in [4.69, 9.17) is 11.6 Å². The summed E-state index contributed by atoms with van der Waals surface area (Å²) in [4.78, 5) is 24.7. The minimum atomic E-state index is -0.671. The molecule has 0 aliphatic carbocycles. The van der Waals surface area contributed by atoms with Crippen molar-refractivity contribution in [3.8, 4) is 0 Å². The fourth-order valence-electron chi connectivity index (χ4n) is 2.20. The quantitative estimate of drug-likeness (QED) is 0.760. The second-order valence-corrected chi connectivity index (χ2v) is 5.69. The summed E-state index contributed by atoms with van der Waals surface area (Å²) in [6.07, 6.45) is 2.00. The summed E-state index contributed by atoms with van der Waals surface area (Å²) in [6, 6.07) is 15.4. The van der Waals surface area contributed by atoms with Crippen LogP contribution in [0.25, 0.3) is 0 Å². The molecule has 2 amide bonds. The molecule has 5 heteroatoms. The summed E-state index contributed by atoms with van der Waals surface area (Å²) in [5.74, 6) is -0.567. The van der Waals surface area contributed by atoms with E-state index in [1.165, 1.54) is 0 Å². The highest BCUT2D eigenvalue weighted by Crippen LogP contribution is 2.10. The van der Waals surface area contributed by atoms with Gasteiger partial charge >= 0.3 is 0 Å². The van der Waals surface area contributed by atoms with Crippen LogP contribution in [-0.4, -0.2) is 24.4 Å². The number of benzene rings is 2. The molecule has 0 aliphatic heterocycles. The van der Waals surface area contributed by atoms with E-state index in [0.29, 0.717) is 23.6 Å². The van der Waals surface area contributed by atoms with Crippen LogP contribution in [0.1, 0.15) is 15.9 Å². The summed E-state index contributed by atoms with van der Waals surface area (Å²) >= 11 is 5.83. The number of carbonyl (C=O) groups excluding carboxylic acids is 2. The maximum absolute atomic E-state index is 12.4. The molecule has 0 aromatic heterocycles. The molecule has 0 unspecified atom stereocenters. The van der Waals surface area contributed by atoms with E-state index in [1.54, 1.807) is 30.3 Å². The number of rotatable bonds is 7. The molecule has 0 spiro atoms. The zero-order valence-corrected chi connectivity index (χ0v) is 13.9. The molecule has 0 fully saturated rings. The number of amides is 2. The Balaban J connectivity index is 2.12. The monoisotopic (exact) mass is 342 g/mol. The maximum atomic E-state index is 12.4. The third kappa shape index (κ3) is 5.25. The fourth-order valence-corrected chi connectivity index (χ4v) is 2.32. The summed E-state index contributed by atoms with van der Waals surface area (Å²) in [5.41, 5.74) is 1.42. The Morgan fingerprint density at radius 2 is 1.75 bits per heavy atom. The van der Waals surface area contributed by atoms with Crippen LogP contribution >= 0.6 is 11.6 Å². The lowest BCUT2D eigenvalue weighted by Gasteiger charge is -2.18. The van der Waals surface area contributed by atoms with Crippen molar-refractivity contribution >= 4 is 23.4 Å². The Morgan fingerprint density at radius 1 is 1.08 bits per heavy atom. The van der Waals surface area contributed by atoms with Gasteiger partial charge in [0.05, 0.1) is 0 Å². The van der Waals surface area contributed by atoms with Crippen molar-refractivity contribution in [2.24, 2.45) is 0 Å². The molecule has 0 heterocycles. The van der Waals surface area contributed by atoms with E-state index in [1.807, 2.05) is 30.3 Å². The highest BCUT2D eigenvalue weighted by molar-refractivity contribution is 6.30. The molecule has 2 aromatic rings. The molecule has 124 valence electrons. The summed E-state index contributed by atoms with van der Waals surface area (Å²) in [6.45, 7) is 3.93. The maximum Gasteiger partial charge on any atom is 0.251 e. The number of hydrogen-bond donors (Lipinski definition) is 2. The SMILES string of the molecule is C=CCNC(=O)[C@@H](Cc1ccccc1)NC(=O)c1ccc(Cl)cc1. The van der Waals surface area contributed by atoms with Gasteiger partial charge in [0, 0.05) is 23.6 Å². The summed E-state index contributed by atoms with van der Waals surface area (Å²) < 4.78 is 0. The molecule has 0 aliphatic rings. The molecular weight excluding hydrogens is 324 g/mol. The molecule has 2 aromatic carbocycles. The predicted molar refractivity (Wildman–Crippen MR) is 96.1 cm³/mol. The van der Waals surface area contributed by atoms with Crippen LogP contribution in [0, 0.1) is 0 Å². The average molecular weight is 343 g/mol. The Labute approximate surface area is 146 Å². The Hall–Kier alpha value is -2.59. The van der Waals surface area contributed by atoms with Crippen molar-refractivity contribution in [2.75, 3.05) is 6.54 Å². The number of nitrogens with one attached hydrogen (secondary N) is 2. The molecule has 0 saturated heterocycles. The molecule has 4 nitrogen and oxygen atoms in total. The Bertz CT molecular complexity index is 699. The van der Waals surface area contributed by atoms with Gasteiger partial charge in [-0.2, -0.15) is 0 Å². The first-order valence-corrected chi connectivity index (χ1v) is 7.97. The van der Waals surface area contributed by atoms with Crippen LogP contribution in [0.5, 0.6) is 0 Å². The molecule has 0 radical (unpaired) electrons. The van der Waals surface area contributed by atoms with Crippen molar-refractivity contribution in [3.63, 3.8) is 0 Å². The largest absolute Gasteiger partial charge is 0.351 e. The topological polar surface area (TPSA) is 58.2 Å². The van der Waals surface area contributed by atoms with Gasteiger partial charge in [0.25, 0.3) is 5.91 Å². The molecule has 1 atom stereocenters. The second kappa shape index (κ2) is 8.89. The van der Waals surface area contributed by atoms with Gasteiger partial charge in [0.15, 0.2) is 0 Å². The third-order valence-corrected chi connectivity index (χ3v) is 3.68. The van der Waals surface area contributed by atoms with Gasteiger partial charge in [0.1, 0.15) is 6.04 Å². The highest BCUT2D eigenvalue weighted by atomic mass is 35.5. The lowest BCUT2D eigenvalue weighted by atomic mass is 10.0. The van der Waals surface area contributed by atoms with E-state index in [-0.39, 0.29) is 11.8 Å². The van der Waals surface area contributed by atoms with Gasteiger partial charge < -0.3 is 10.6 Å². The first-order valence-electron chi connectivity index (χ1n) is 7.59. The minimum Gasteiger partial charge on any atom is -0.351 e. The van der Waals surface area contributed by atoms with Crippen LogP contribution in [0.2, 0.25) is 5.02 Å². The van der Waals surface area contributed by atoms with Gasteiger partial charge in [-0.3, -0.25) is 9.59 Å². The number of hydrogen-bond acceptors (Lipinski definition) is 2. The lowest BCUT2D eigenvalue weighted by Crippen LogP contribution is -2.48. The standard InChI is InChI=1S/C19H19ClN2O2/c1-2-12-21-19(24)17(13-14-6-4-3-5-7-14)22-18(23)15-8-10-16(20)11-9-15/h2-11,17H,1,12-13H2,(H,21,24)(H,22,23)/t17-/m1/s1. The highest BCUT2D eigenvalue weighted by Gasteiger charge is 2.21. The van der Waals surface area contributed by atoms with Crippen molar-refractivity contribution < 1.29 is 9.59 Å². The molecule has 0 saturated carbocycles. The average Bonchev–Trinajstić information content (AvgIpc) is 2.60. The predicted octanol–water partition coefficient (Wildman–Crippen LogP) is 2.98. The van der Waals surface area contributed by atoms with Crippen LogP contribution in [-0.2, 0) is 11.2 Å². The molecule has 2 N–H and O–H groups in total. The van der Waals surface area contributed by atoms with E-state index >= 15 is 0 Å². The first-order chi connectivity index (χ1) is 11.6. The smallest absolute Gasteiger partial charge is 0.251 e. The van der Waals surface area contributed by atoms with Crippen LogP contribution in [0.15, 0.2) is 67.3 Å². The zero-order valence-electron chi connectivity index (χ0n) is 13.2. The summed E-state index contributed by atoms with van der Waals surface area (Å²) in [5, 5.41) is 6.06. The molecule has 24 heavy (non-hydrogen) atoms. The van der Waals surface area contributed by atoms with Gasteiger partial charge in [-0.15, -0.1) is 6.58 Å². The number of carbonyl (C=O) groups is 2. The minimum absolute atomic E-state index is 0.249. The first kappa shape index (κ1) is 17.8. The molecule has 2 rings (SSSR count). The van der Waals surface area contributed by atoms with E-state index < -0.39 is 6.04 Å². The van der Waals surface area contributed by atoms with Gasteiger partial charge in [-0.25, -0.2) is 0 Å². The van der Waals surface area contributed by atoms with Crippen LogP contribution < -0.4 is 10.6 Å². The van der Waals surface area contributed by atoms with Crippen LogP contribution in [0.3, 0.4) is 0 Å². The zero-order chi connectivity index (χ0) is 17.4. The van der Waals surface area contributed by atoms with E-state index in [0.717, 1.165) is 5.56 Å². The van der Waals surface area contributed by atoms with Crippen molar-refractivity contribution in [3.05, 3.63) is 83.4 Å². The number of halogens is 1. The van der Waals surface area contributed by atoms with Crippen molar-refractivity contribution in [1.82, 2.24) is 10.6 Å². The second-order valence-electron chi connectivity index (χ2n) is 5.26. The van der Waals surface area contributed by atoms with E-state index in [9.17, 15) is 9.59 Å². The Kier molecular flexibility index (Phi) is 6.58.